The summed E-state index contributed by atoms with van der Waals surface area (Å²) in [5.74, 6) is -0.123. The van der Waals surface area contributed by atoms with Crippen LogP contribution in [0.3, 0.4) is 0 Å². The van der Waals surface area contributed by atoms with Gasteiger partial charge in [-0.25, -0.2) is 4.79 Å². The van der Waals surface area contributed by atoms with Crippen molar-refractivity contribution in [1.29, 1.82) is 0 Å². The van der Waals surface area contributed by atoms with Crippen LogP contribution < -0.4 is 5.32 Å². The molecule has 1 aliphatic rings. The Morgan fingerprint density at radius 1 is 0.971 bits per heavy atom. The Bertz CT molecular complexity index is 1130. The summed E-state index contributed by atoms with van der Waals surface area (Å²) in [6.07, 6.45) is -3.69. The second-order valence-electron chi connectivity index (χ2n) is 7.84. The third-order valence-corrected chi connectivity index (χ3v) is 6.32. The molecular formula is C25H22F3NO4S. The SMILES string of the molecule is O=C(NCC(O)C(O)c1cccc(SC(F)(F)F)c1)OCC1c2ccccc2-c2ccccc21. The van der Waals surface area contributed by atoms with Gasteiger partial charge in [0.2, 0.25) is 0 Å². The molecule has 3 aromatic carbocycles. The summed E-state index contributed by atoms with van der Waals surface area (Å²) in [4.78, 5) is 12.1. The number of nitrogens with one attached hydrogen (secondary N) is 1. The average Bonchev–Trinajstić information content (AvgIpc) is 3.13. The first-order valence-electron chi connectivity index (χ1n) is 10.5. The number of benzene rings is 3. The smallest absolute Gasteiger partial charge is 0.446 e. The van der Waals surface area contributed by atoms with Crippen LogP contribution in [0.15, 0.2) is 77.7 Å². The number of amides is 1. The van der Waals surface area contributed by atoms with Crippen LogP contribution in [0.5, 0.6) is 0 Å². The minimum Gasteiger partial charge on any atom is -0.449 e. The number of hydrogen-bond donors (Lipinski definition) is 3. The number of alkyl carbamates (subject to hydrolysis) is 1. The number of carbonyl (C=O) groups is 1. The third-order valence-electron chi connectivity index (χ3n) is 5.60. The van der Waals surface area contributed by atoms with E-state index in [1.54, 1.807) is 0 Å². The summed E-state index contributed by atoms with van der Waals surface area (Å²) in [6.45, 7) is -0.246. The highest BCUT2D eigenvalue weighted by molar-refractivity contribution is 8.00. The van der Waals surface area contributed by atoms with Crippen LogP contribution >= 0.6 is 11.8 Å². The van der Waals surface area contributed by atoms with Gasteiger partial charge >= 0.3 is 11.6 Å². The Hall–Kier alpha value is -3.01. The van der Waals surface area contributed by atoms with Crippen LogP contribution in [0.4, 0.5) is 18.0 Å². The van der Waals surface area contributed by atoms with Gasteiger partial charge in [-0.05, 0) is 51.7 Å². The molecule has 1 aliphatic carbocycles. The lowest BCUT2D eigenvalue weighted by Crippen LogP contribution is -2.36. The highest BCUT2D eigenvalue weighted by Gasteiger charge is 2.31. The fourth-order valence-corrected chi connectivity index (χ4v) is 4.68. The number of alkyl halides is 3. The maximum atomic E-state index is 12.6. The van der Waals surface area contributed by atoms with Crippen molar-refractivity contribution in [3.63, 3.8) is 0 Å². The fraction of sp³-hybridized carbons (Fsp3) is 0.240. The predicted molar refractivity (Wildman–Crippen MR) is 122 cm³/mol. The maximum Gasteiger partial charge on any atom is 0.446 e. The quantitative estimate of drug-likeness (QED) is 0.396. The first-order valence-corrected chi connectivity index (χ1v) is 11.4. The van der Waals surface area contributed by atoms with Gasteiger partial charge in [0.15, 0.2) is 0 Å². The number of fused-ring (bicyclic) bond motifs is 3. The van der Waals surface area contributed by atoms with Crippen molar-refractivity contribution in [3.05, 3.63) is 89.5 Å². The second-order valence-corrected chi connectivity index (χ2v) is 8.98. The summed E-state index contributed by atoms with van der Waals surface area (Å²) >= 11 is -0.311. The summed E-state index contributed by atoms with van der Waals surface area (Å²) in [5.41, 5.74) is -0.0511. The summed E-state index contributed by atoms with van der Waals surface area (Å²) in [7, 11) is 0. The Kier molecular flexibility index (Phi) is 7.16. The number of rotatable bonds is 7. The van der Waals surface area contributed by atoms with Crippen molar-refractivity contribution in [2.24, 2.45) is 0 Å². The molecule has 0 fully saturated rings. The highest BCUT2D eigenvalue weighted by Crippen LogP contribution is 2.44. The van der Waals surface area contributed by atoms with E-state index in [4.69, 9.17) is 4.74 Å². The van der Waals surface area contributed by atoms with Gasteiger partial charge in [-0.1, -0.05) is 60.7 Å². The molecule has 9 heteroatoms. The van der Waals surface area contributed by atoms with Gasteiger partial charge < -0.3 is 20.3 Å². The largest absolute Gasteiger partial charge is 0.449 e. The molecule has 3 aromatic rings. The Labute approximate surface area is 198 Å². The molecule has 5 nitrogen and oxygen atoms in total. The van der Waals surface area contributed by atoms with Crippen LogP contribution in [0.2, 0.25) is 0 Å². The monoisotopic (exact) mass is 489 g/mol. The Morgan fingerprint density at radius 3 is 2.21 bits per heavy atom. The maximum absolute atomic E-state index is 12.6. The van der Waals surface area contributed by atoms with Gasteiger partial charge in [0.1, 0.15) is 18.8 Å². The number of thioether (sulfide) groups is 1. The van der Waals surface area contributed by atoms with Gasteiger partial charge in [0, 0.05) is 17.4 Å². The molecule has 4 rings (SSSR count). The van der Waals surface area contributed by atoms with E-state index in [0.29, 0.717) is 0 Å². The summed E-state index contributed by atoms with van der Waals surface area (Å²) in [5, 5.41) is 22.9. The average molecular weight is 490 g/mol. The molecule has 2 unspecified atom stereocenters. The van der Waals surface area contributed by atoms with Crippen LogP contribution in [0.25, 0.3) is 11.1 Å². The van der Waals surface area contributed by atoms with Crippen molar-refractivity contribution >= 4 is 17.9 Å². The zero-order valence-corrected chi connectivity index (χ0v) is 18.6. The van der Waals surface area contributed by atoms with Gasteiger partial charge in [-0.2, -0.15) is 13.2 Å². The van der Waals surface area contributed by atoms with E-state index in [0.717, 1.165) is 28.3 Å². The van der Waals surface area contributed by atoms with Crippen LogP contribution in [0.1, 0.15) is 28.7 Å². The zero-order valence-electron chi connectivity index (χ0n) is 17.8. The van der Waals surface area contributed by atoms with Crippen LogP contribution in [0, 0.1) is 0 Å². The molecule has 0 bridgehead atoms. The lowest BCUT2D eigenvalue weighted by molar-refractivity contribution is -0.0328. The number of hydrogen-bond acceptors (Lipinski definition) is 5. The molecule has 0 saturated carbocycles. The topological polar surface area (TPSA) is 78.8 Å². The number of halogens is 3. The van der Waals surface area contributed by atoms with Crippen LogP contribution in [-0.2, 0) is 4.74 Å². The Morgan fingerprint density at radius 2 is 1.59 bits per heavy atom. The standard InChI is InChI=1S/C25H22F3NO4S/c26-25(27,28)34-16-7-5-6-15(12-16)23(31)22(30)13-29-24(32)33-14-21-19-10-3-1-8-17(19)18-9-2-4-11-20(18)21/h1-12,21-23,30-31H,13-14H2,(H,29,32). The van der Waals surface area contributed by atoms with Crippen molar-refractivity contribution in [3.8, 4) is 11.1 Å². The Balaban J connectivity index is 1.32. The molecule has 0 aromatic heterocycles. The van der Waals surface area contributed by atoms with Crippen molar-refractivity contribution in [2.45, 2.75) is 28.5 Å². The molecule has 34 heavy (non-hydrogen) atoms. The molecule has 0 spiro atoms. The van der Waals surface area contributed by atoms with E-state index in [1.807, 2.05) is 48.5 Å². The number of aliphatic hydroxyl groups excluding tert-OH is 2. The van der Waals surface area contributed by atoms with E-state index in [2.05, 4.69) is 5.32 Å². The molecule has 2 atom stereocenters. The minimum atomic E-state index is -4.46. The lowest BCUT2D eigenvalue weighted by Gasteiger charge is -2.20. The molecule has 178 valence electrons. The molecule has 1 amide bonds. The van der Waals surface area contributed by atoms with E-state index in [-0.39, 0.29) is 41.3 Å². The fourth-order valence-electron chi connectivity index (χ4n) is 4.07. The van der Waals surface area contributed by atoms with E-state index in [1.165, 1.54) is 18.2 Å². The number of aliphatic hydroxyl groups is 2. The van der Waals surface area contributed by atoms with E-state index < -0.39 is 23.8 Å². The molecule has 0 heterocycles. The zero-order chi connectivity index (χ0) is 24.3. The summed E-state index contributed by atoms with van der Waals surface area (Å²) in [6, 6.07) is 21.0. The van der Waals surface area contributed by atoms with Gasteiger partial charge in [-0.3, -0.25) is 0 Å². The molecule has 0 radical (unpaired) electrons. The minimum absolute atomic E-state index is 0.0925. The normalized spacial score (nSPS) is 14.7. The first-order chi connectivity index (χ1) is 16.2. The third kappa shape index (κ3) is 5.55. The van der Waals surface area contributed by atoms with Crippen molar-refractivity contribution in [2.75, 3.05) is 13.2 Å². The first kappa shape index (κ1) is 24.1. The predicted octanol–water partition coefficient (Wildman–Crippen LogP) is 5.23. The van der Waals surface area contributed by atoms with Gasteiger partial charge in [-0.15, -0.1) is 0 Å². The van der Waals surface area contributed by atoms with Gasteiger partial charge in [0.25, 0.3) is 0 Å². The van der Waals surface area contributed by atoms with E-state index >= 15 is 0 Å². The number of ether oxygens (including phenoxy) is 1. The molecular weight excluding hydrogens is 467 g/mol. The van der Waals surface area contributed by atoms with Crippen LogP contribution in [-0.4, -0.2) is 41.1 Å². The molecule has 0 aliphatic heterocycles. The molecule has 3 N–H and O–H groups in total. The molecule has 0 saturated heterocycles. The van der Waals surface area contributed by atoms with Crippen molar-refractivity contribution in [1.82, 2.24) is 5.32 Å². The van der Waals surface area contributed by atoms with Gasteiger partial charge in [0.05, 0.1) is 0 Å². The summed E-state index contributed by atoms with van der Waals surface area (Å²) < 4.78 is 43.1. The van der Waals surface area contributed by atoms with Crippen molar-refractivity contribution < 1.29 is 32.9 Å². The highest BCUT2D eigenvalue weighted by atomic mass is 32.2. The second kappa shape index (κ2) is 10.1. The van der Waals surface area contributed by atoms with E-state index in [9.17, 15) is 28.2 Å². The lowest BCUT2D eigenvalue weighted by atomic mass is 9.98. The number of carbonyl (C=O) groups excluding carboxylic acids is 1.